The second-order valence-electron chi connectivity index (χ2n) is 4.76. The average Bonchev–Trinajstić information content (AvgIpc) is 2.18. The van der Waals surface area contributed by atoms with Gasteiger partial charge in [-0.25, -0.2) is 0 Å². The van der Waals surface area contributed by atoms with Gasteiger partial charge in [0.2, 0.25) is 0 Å². The standard InChI is InChI=1S/C11H20N2O3/c1-8(2)3-5-13-6-4-12-11(16)9(13)7-10(14)15/h8-9H,3-7H2,1-2H3,(H,12,16)(H,14,15). The molecule has 1 heterocycles. The summed E-state index contributed by atoms with van der Waals surface area (Å²) in [7, 11) is 0. The van der Waals surface area contributed by atoms with Crippen molar-refractivity contribution in [2.24, 2.45) is 5.92 Å². The third-order valence-electron chi connectivity index (χ3n) is 2.97. The van der Waals surface area contributed by atoms with E-state index in [1.54, 1.807) is 0 Å². The summed E-state index contributed by atoms with van der Waals surface area (Å²) in [5.41, 5.74) is 0. The van der Waals surface area contributed by atoms with E-state index < -0.39 is 12.0 Å². The molecular weight excluding hydrogens is 208 g/mol. The van der Waals surface area contributed by atoms with Crippen LogP contribution in [0.3, 0.4) is 0 Å². The van der Waals surface area contributed by atoms with E-state index in [2.05, 4.69) is 19.2 Å². The van der Waals surface area contributed by atoms with Crippen molar-refractivity contribution in [2.45, 2.75) is 32.7 Å². The number of amides is 1. The molecule has 5 nitrogen and oxygen atoms in total. The number of quaternary nitrogens is 1. The number of carbonyl (C=O) groups is 2. The minimum Gasteiger partial charge on any atom is -0.550 e. The second kappa shape index (κ2) is 5.84. The first kappa shape index (κ1) is 13.0. The maximum Gasteiger partial charge on any atom is 0.278 e. The van der Waals surface area contributed by atoms with E-state index in [0.29, 0.717) is 12.5 Å². The quantitative estimate of drug-likeness (QED) is 0.549. The third-order valence-corrected chi connectivity index (χ3v) is 2.97. The van der Waals surface area contributed by atoms with Crippen LogP contribution < -0.4 is 15.3 Å². The molecule has 92 valence electrons. The summed E-state index contributed by atoms with van der Waals surface area (Å²) in [5, 5.41) is 13.3. The molecule has 0 spiro atoms. The maximum atomic E-state index is 11.6. The topological polar surface area (TPSA) is 73.7 Å². The molecule has 0 aliphatic carbocycles. The largest absolute Gasteiger partial charge is 0.550 e. The van der Waals surface area contributed by atoms with Gasteiger partial charge in [0.05, 0.1) is 19.6 Å². The van der Waals surface area contributed by atoms with Gasteiger partial charge in [-0.1, -0.05) is 13.8 Å². The van der Waals surface area contributed by atoms with Gasteiger partial charge in [-0.15, -0.1) is 0 Å². The van der Waals surface area contributed by atoms with Gasteiger partial charge in [0.1, 0.15) is 0 Å². The molecule has 0 saturated carbocycles. The molecule has 1 fully saturated rings. The monoisotopic (exact) mass is 228 g/mol. The fourth-order valence-corrected chi connectivity index (χ4v) is 2.01. The number of hydrogen-bond acceptors (Lipinski definition) is 3. The number of aliphatic carboxylic acids is 1. The summed E-state index contributed by atoms with van der Waals surface area (Å²) in [6.07, 6.45) is 0.825. The van der Waals surface area contributed by atoms with Gasteiger partial charge < -0.3 is 20.1 Å². The van der Waals surface area contributed by atoms with Crippen LogP contribution in [0.25, 0.3) is 0 Å². The van der Waals surface area contributed by atoms with Gasteiger partial charge in [0.25, 0.3) is 5.91 Å². The number of rotatable bonds is 5. The number of hydrogen-bond donors (Lipinski definition) is 2. The van der Waals surface area contributed by atoms with Gasteiger partial charge in [-0.05, 0) is 12.3 Å². The Hall–Kier alpha value is -1.10. The first-order valence-corrected chi connectivity index (χ1v) is 5.83. The molecule has 1 saturated heterocycles. The Morgan fingerprint density at radius 3 is 2.88 bits per heavy atom. The molecule has 0 bridgehead atoms. The van der Waals surface area contributed by atoms with Crippen LogP contribution in [0.15, 0.2) is 0 Å². The van der Waals surface area contributed by atoms with E-state index >= 15 is 0 Å². The van der Waals surface area contributed by atoms with Crippen molar-refractivity contribution < 1.29 is 19.6 Å². The Balaban J connectivity index is 2.55. The predicted molar refractivity (Wildman–Crippen MR) is 56.6 cm³/mol. The Kier molecular flexibility index (Phi) is 4.73. The highest BCUT2D eigenvalue weighted by Gasteiger charge is 2.33. The van der Waals surface area contributed by atoms with Crippen molar-refractivity contribution in [1.29, 1.82) is 0 Å². The highest BCUT2D eigenvalue weighted by Crippen LogP contribution is 1.97. The Bertz CT molecular complexity index is 266. The van der Waals surface area contributed by atoms with Crippen LogP contribution in [0, 0.1) is 5.92 Å². The van der Waals surface area contributed by atoms with Crippen molar-refractivity contribution in [3.8, 4) is 0 Å². The zero-order valence-electron chi connectivity index (χ0n) is 9.91. The molecular formula is C11H20N2O3. The zero-order valence-corrected chi connectivity index (χ0v) is 9.91. The van der Waals surface area contributed by atoms with Gasteiger partial charge in [0, 0.05) is 12.4 Å². The number of carbonyl (C=O) groups excluding carboxylic acids is 2. The zero-order chi connectivity index (χ0) is 12.1. The lowest BCUT2D eigenvalue weighted by atomic mass is 10.1. The molecule has 5 heteroatoms. The smallest absolute Gasteiger partial charge is 0.278 e. The molecule has 0 aromatic rings. The summed E-state index contributed by atoms with van der Waals surface area (Å²) in [6.45, 7) is 6.53. The number of piperazine rings is 1. The lowest BCUT2D eigenvalue weighted by Gasteiger charge is -2.32. The number of nitrogens with one attached hydrogen (secondary N) is 2. The van der Waals surface area contributed by atoms with Crippen molar-refractivity contribution >= 4 is 11.9 Å². The molecule has 0 aromatic heterocycles. The molecule has 1 aliphatic heterocycles. The first-order valence-electron chi connectivity index (χ1n) is 5.83. The van der Waals surface area contributed by atoms with Crippen LogP contribution in [0.4, 0.5) is 0 Å². The molecule has 1 rings (SSSR count). The lowest BCUT2D eigenvalue weighted by Crippen LogP contribution is -3.19. The lowest BCUT2D eigenvalue weighted by molar-refractivity contribution is -0.917. The van der Waals surface area contributed by atoms with E-state index in [1.165, 1.54) is 0 Å². The summed E-state index contributed by atoms with van der Waals surface area (Å²) >= 11 is 0. The molecule has 2 N–H and O–H groups in total. The number of carboxylic acids is 1. The molecule has 0 aromatic carbocycles. The summed E-state index contributed by atoms with van der Waals surface area (Å²) in [5.74, 6) is -0.737. The van der Waals surface area contributed by atoms with E-state index in [1.807, 2.05) is 0 Å². The van der Waals surface area contributed by atoms with Crippen molar-refractivity contribution in [2.75, 3.05) is 19.6 Å². The summed E-state index contributed by atoms with van der Waals surface area (Å²) in [4.78, 5) is 23.2. The normalized spacial score (nSPS) is 25.6. The minimum absolute atomic E-state index is 0.158. The fourth-order valence-electron chi connectivity index (χ4n) is 2.01. The van der Waals surface area contributed by atoms with E-state index in [0.717, 1.165) is 24.4 Å². The minimum atomic E-state index is -1.15. The van der Waals surface area contributed by atoms with Crippen LogP contribution in [0.1, 0.15) is 26.7 Å². The highest BCUT2D eigenvalue weighted by atomic mass is 16.4. The number of carboxylic acid groups (broad SMARTS) is 1. The van der Waals surface area contributed by atoms with Crippen molar-refractivity contribution in [1.82, 2.24) is 5.32 Å². The summed E-state index contributed by atoms with van der Waals surface area (Å²) in [6, 6.07) is -0.475. The average molecular weight is 228 g/mol. The van der Waals surface area contributed by atoms with E-state index in [9.17, 15) is 14.7 Å². The van der Waals surface area contributed by atoms with Gasteiger partial charge in [0.15, 0.2) is 6.04 Å². The van der Waals surface area contributed by atoms with Gasteiger partial charge in [-0.2, -0.15) is 0 Å². The van der Waals surface area contributed by atoms with E-state index in [-0.39, 0.29) is 12.3 Å². The Morgan fingerprint density at radius 1 is 1.62 bits per heavy atom. The Labute approximate surface area is 95.8 Å². The molecule has 16 heavy (non-hydrogen) atoms. The van der Waals surface area contributed by atoms with Crippen LogP contribution in [0.2, 0.25) is 0 Å². The van der Waals surface area contributed by atoms with Crippen molar-refractivity contribution in [3.05, 3.63) is 0 Å². The van der Waals surface area contributed by atoms with Crippen molar-refractivity contribution in [3.63, 3.8) is 0 Å². The third kappa shape index (κ3) is 3.81. The molecule has 2 atom stereocenters. The van der Waals surface area contributed by atoms with Gasteiger partial charge >= 0.3 is 0 Å². The molecule has 2 unspecified atom stereocenters. The van der Waals surface area contributed by atoms with Crippen LogP contribution >= 0.6 is 0 Å². The van der Waals surface area contributed by atoms with Crippen LogP contribution in [0.5, 0.6) is 0 Å². The maximum absolute atomic E-state index is 11.6. The highest BCUT2D eigenvalue weighted by molar-refractivity contribution is 5.84. The van der Waals surface area contributed by atoms with Gasteiger partial charge in [-0.3, -0.25) is 4.79 Å². The second-order valence-corrected chi connectivity index (χ2v) is 4.76. The Morgan fingerprint density at radius 2 is 2.31 bits per heavy atom. The first-order chi connectivity index (χ1) is 7.50. The van der Waals surface area contributed by atoms with Crippen LogP contribution in [-0.2, 0) is 9.59 Å². The molecule has 1 aliphatic rings. The SMILES string of the molecule is CC(C)CC[NH+]1CCNC(=O)C1CC(=O)[O-]. The molecule has 1 amide bonds. The predicted octanol–water partition coefficient (Wildman–Crippen LogP) is -2.44. The van der Waals surface area contributed by atoms with Crippen LogP contribution in [-0.4, -0.2) is 37.6 Å². The fraction of sp³-hybridized carbons (Fsp3) is 0.818. The summed E-state index contributed by atoms with van der Waals surface area (Å²) < 4.78 is 0. The van der Waals surface area contributed by atoms with E-state index in [4.69, 9.17) is 0 Å². The molecule has 0 radical (unpaired) electrons.